The van der Waals surface area contributed by atoms with E-state index < -0.39 is 0 Å². The highest BCUT2D eigenvalue weighted by Gasteiger charge is 2.56. The van der Waals surface area contributed by atoms with E-state index >= 15 is 0 Å². The molecule has 0 bridgehead atoms. The number of hydrogen-bond donors (Lipinski definition) is 2. The number of likely N-dealkylation sites (tertiary alicyclic amines) is 1. The van der Waals surface area contributed by atoms with Crippen molar-refractivity contribution >= 4 is 23.4 Å². The Kier molecular flexibility index (Phi) is 4.98. The molecule has 3 heterocycles. The smallest absolute Gasteiger partial charge is 0.271 e. The zero-order valence-corrected chi connectivity index (χ0v) is 17.6. The van der Waals surface area contributed by atoms with Crippen molar-refractivity contribution in [2.24, 2.45) is 5.41 Å². The maximum Gasteiger partial charge on any atom is 0.271 e. The number of aromatic nitrogens is 3. The van der Waals surface area contributed by atoms with E-state index in [0.29, 0.717) is 35.1 Å². The number of hydrogen-bond acceptors (Lipinski definition) is 4. The van der Waals surface area contributed by atoms with Gasteiger partial charge in [-0.15, -0.1) is 0 Å². The second kappa shape index (κ2) is 7.81. The van der Waals surface area contributed by atoms with Crippen LogP contribution >= 0.6 is 11.6 Å². The Morgan fingerprint density at radius 1 is 1.13 bits per heavy atom. The van der Waals surface area contributed by atoms with Crippen LogP contribution < -0.4 is 5.32 Å². The summed E-state index contributed by atoms with van der Waals surface area (Å²) < 4.78 is 0. The molecule has 0 radical (unpaired) electrons. The van der Waals surface area contributed by atoms with Crippen LogP contribution in [0.2, 0.25) is 5.02 Å². The summed E-state index contributed by atoms with van der Waals surface area (Å²) in [6, 6.07) is 12.8. The lowest BCUT2D eigenvalue weighted by Crippen LogP contribution is -2.41. The lowest BCUT2D eigenvalue weighted by Gasteiger charge is -2.32. The van der Waals surface area contributed by atoms with Gasteiger partial charge < -0.3 is 10.2 Å². The molecule has 1 saturated heterocycles. The average molecular weight is 436 g/mol. The second-order valence-electron chi connectivity index (χ2n) is 8.30. The SMILES string of the molecule is O=C(NC1CC12CCN(C(=O)c1cc(-c3cccc(Cl)c3)n[nH]1)CC2)c1ccncc1. The lowest BCUT2D eigenvalue weighted by molar-refractivity contribution is 0.0662. The molecule has 7 nitrogen and oxygen atoms in total. The molecule has 2 amide bonds. The largest absolute Gasteiger partial charge is 0.349 e. The number of piperidine rings is 1. The first-order valence-electron chi connectivity index (χ1n) is 10.4. The minimum Gasteiger partial charge on any atom is -0.349 e. The van der Waals surface area contributed by atoms with Crippen molar-refractivity contribution in [3.8, 4) is 11.3 Å². The molecule has 1 saturated carbocycles. The molecule has 1 unspecified atom stereocenters. The number of benzene rings is 1. The van der Waals surface area contributed by atoms with Crippen LogP contribution in [-0.2, 0) is 0 Å². The minimum atomic E-state index is -0.0613. The third kappa shape index (κ3) is 3.93. The van der Waals surface area contributed by atoms with Gasteiger partial charge in [-0.25, -0.2) is 0 Å². The normalized spacial score (nSPS) is 19.3. The van der Waals surface area contributed by atoms with Crippen LogP contribution in [0, 0.1) is 5.41 Å². The van der Waals surface area contributed by atoms with Gasteiger partial charge in [0.05, 0.1) is 5.69 Å². The van der Waals surface area contributed by atoms with Gasteiger partial charge >= 0.3 is 0 Å². The second-order valence-corrected chi connectivity index (χ2v) is 8.73. The van der Waals surface area contributed by atoms with Crippen molar-refractivity contribution in [1.29, 1.82) is 0 Å². The van der Waals surface area contributed by atoms with Gasteiger partial charge in [0, 0.05) is 47.7 Å². The number of rotatable bonds is 4. The van der Waals surface area contributed by atoms with Crippen LogP contribution in [0.4, 0.5) is 0 Å². The highest BCUT2D eigenvalue weighted by atomic mass is 35.5. The number of H-pyrrole nitrogens is 1. The summed E-state index contributed by atoms with van der Waals surface area (Å²) in [4.78, 5) is 31.1. The van der Waals surface area contributed by atoms with Crippen molar-refractivity contribution in [3.63, 3.8) is 0 Å². The molecule has 31 heavy (non-hydrogen) atoms. The van der Waals surface area contributed by atoms with E-state index in [-0.39, 0.29) is 23.3 Å². The van der Waals surface area contributed by atoms with Gasteiger partial charge in [-0.05, 0) is 55.0 Å². The number of pyridine rings is 1. The number of aromatic amines is 1. The van der Waals surface area contributed by atoms with Crippen molar-refractivity contribution in [1.82, 2.24) is 25.4 Å². The maximum atomic E-state index is 12.9. The van der Waals surface area contributed by atoms with Crippen LogP contribution in [0.5, 0.6) is 0 Å². The molecule has 2 aromatic heterocycles. The van der Waals surface area contributed by atoms with Gasteiger partial charge in [-0.1, -0.05) is 23.7 Å². The molecule has 158 valence electrons. The molecule has 1 aromatic carbocycles. The fourth-order valence-corrected chi connectivity index (χ4v) is 4.59. The molecule has 5 rings (SSSR count). The molecule has 8 heteroatoms. The molecule has 1 aliphatic carbocycles. The molecule has 1 atom stereocenters. The summed E-state index contributed by atoms with van der Waals surface area (Å²) in [7, 11) is 0. The van der Waals surface area contributed by atoms with E-state index in [1.165, 1.54) is 0 Å². The Labute approximate surface area is 184 Å². The van der Waals surface area contributed by atoms with Crippen molar-refractivity contribution in [2.45, 2.75) is 25.3 Å². The average Bonchev–Trinajstić information content (AvgIpc) is 3.22. The van der Waals surface area contributed by atoms with Gasteiger partial charge in [-0.3, -0.25) is 19.7 Å². The summed E-state index contributed by atoms with van der Waals surface area (Å²) in [6.45, 7) is 1.35. The molecule has 2 N–H and O–H groups in total. The van der Waals surface area contributed by atoms with Crippen LogP contribution in [0.1, 0.15) is 40.1 Å². The number of carbonyl (C=O) groups excluding carboxylic acids is 2. The van der Waals surface area contributed by atoms with Gasteiger partial charge in [0.25, 0.3) is 11.8 Å². The maximum absolute atomic E-state index is 12.9. The van der Waals surface area contributed by atoms with Crippen LogP contribution in [0.25, 0.3) is 11.3 Å². The van der Waals surface area contributed by atoms with Crippen LogP contribution in [0.15, 0.2) is 54.9 Å². The van der Waals surface area contributed by atoms with E-state index in [0.717, 1.165) is 24.8 Å². The van der Waals surface area contributed by atoms with Crippen molar-refractivity contribution < 1.29 is 9.59 Å². The Balaban J connectivity index is 1.18. The van der Waals surface area contributed by atoms with E-state index in [9.17, 15) is 9.59 Å². The highest BCUT2D eigenvalue weighted by molar-refractivity contribution is 6.30. The first-order valence-corrected chi connectivity index (χ1v) is 10.7. The highest BCUT2D eigenvalue weighted by Crippen LogP contribution is 2.54. The Bertz CT molecular complexity index is 1120. The Hall–Kier alpha value is -3.19. The summed E-state index contributed by atoms with van der Waals surface area (Å²) in [5.41, 5.74) is 2.77. The monoisotopic (exact) mass is 435 g/mol. The third-order valence-electron chi connectivity index (χ3n) is 6.41. The number of carbonyl (C=O) groups is 2. The van der Waals surface area contributed by atoms with E-state index in [4.69, 9.17) is 11.6 Å². The molecular weight excluding hydrogens is 414 g/mol. The number of amides is 2. The molecule has 1 spiro atoms. The fourth-order valence-electron chi connectivity index (χ4n) is 4.40. The van der Waals surface area contributed by atoms with Gasteiger partial charge in [0.2, 0.25) is 0 Å². The third-order valence-corrected chi connectivity index (χ3v) is 6.65. The zero-order chi connectivity index (χ0) is 21.4. The van der Waals surface area contributed by atoms with Gasteiger partial charge in [0.15, 0.2) is 0 Å². The summed E-state index contributed by atoms with van der Waals surface area (Å²) in [6.07, 6.45) is 5.98. The number of nitrogens with zero attached hydrogens (tertiary/aromatic N) is 3. The van der Waals surface area contributed by atoms with Gasteiger partial charge in [-0.2, -0.15) is 5.10 Å². The zero-order valence-electron chi connectivity index (χ0n) is 16.8. The predicted octanol–water partition coefficient (Wildman–Crippen LogP) is 3.55. The first kappa shape index (κ1) is 19.8. The summed E-state index contributed by atoms with van der Waals surface area (Å²) >= 11 is 6.05. The van der Waals surface area contributed by atoms with E-state index in [1.807, 2.05) is 23.1 Å². The molecule has 2 fully saturated rings. The number of halogens is 1. The minimum absolute atomic E-state index is 0.0475. The van der Waals surface area contributed by atoms with E-state index in [1.54, 1.807) is 36.7 Å². The van der Waals surface area contributed by atoms with Crippen LogP contribution in [0.3, 0.4) is 0 Å². The topological polar surface area (TPSA) is 91.0 Å². The number of nitrogens with one attached hydrogen (secondary N) is 2. The van der Waals surface area contributed by atoms with E-state index in [2.05, 4.69) is 20.5 Å². The molecule has 1 aliphatic heterocycles. The molecule has 2 aliphatic rings. The quantitative estimate of drug-likeness (QED) is 0.655. The first-order chi connectivity index (χ1) is 15.0. The Morgan fingerprint density at radius 3 is 2.65 bits per heavy atom. The summed E-state index contributed by atoms with van der Waals surface area (Å²) in [5, 5.41) is 10.9. The standard InChI is InChI=1S/C23H22ClN5O2/c24-17-3-1-2-16(12-17)18-13-19(28-27-18)22(31)29-10-6-23(7-11-29)14-20(23)26-21(30)15-4-8-25-9-5-15/h1-5,8-9,12-13,20H,6-7,10-11,14H2,(H,26,30)(H,27,28). The van der Waals surface area contributed by atoms with Crippen molar-refractivity contribution in [3.05, 3.63) is 71.1 Å². The fraction of sp³-hybridized carbons (Fsp3) is 0.304. The van der Waals surface area contributed by atoms with Gasteiger partial charge in [0.1, 0.15) is 5.69 Å². The molecular formula is C23H22ClN5O2. The lowest BCUT2D eigenvalue weighted by atomic mass is 9.92. The molecule has 3 aromatic rings. The van der Waals surface area contributed by atoms with Crippen LogP contribution in [-0.4, -0.2) is 51.0 Å². The Morgan fingerprint density at radius 2 is 1.90 bits per heavy atom. The predicted molar refractivity (Wildman–Crippen MR) is 117 cm³/mol. The van der Waals surface area contributed by atoms with Crippen molar-refractivity contribution in [2.75, 3.05) is 13.1 Å². The summed E-state index contributed by atoms with van der Waals surface area (Å²) in [5.74, 6) is -0.109.